The van der Waals surface area contributed by atoms with Crippen LogP contribution >= 0.6 is 0 Å². The normalized spacial score (nSPS) is 10.9. The van der Waals surface area contributed by atoms with Gasteiger partial charge in [0.25, 0.3) is 0 Å². The van der Waals surface area contributed by atoms with Crippen molar-refractivity contribution in [1.82, 2.24) is 0 Å². The molecule has 4 rings (SSSR count). The SMILES string of the molecule is COc1ccc(-c2cc(OC(C)=O)c3c(-c4ccc(C)cc4)c(N)oc3c2)cc1. The van der Waals surface area contributed by atoms with Crippen LogP contribution in [0.1, 0.15) is 12.5 Å². The van der Waals surface area contributed by atoms with Crippen LogP contribution in [-0.2, 0) is 4.79 Å². The van der Waals surface area contributed by atoms with E-state index >= 15 is 0 Å². The average molecular weight is 387 g/mol. The second-order valence-corrected chi connectivity index (χ2v) is 6.88. The lowest BCUT2D eigenvalue weighted by Crippen LogP contribution is -2.02. The van der Waals surface area contributed by atoms with Crippen LogP contribution in [0.3, 0.4) is 0 Å². The number of fused-ring (bicyclic) bond motifs is 1. The minimum Gasteiger partial charge on any atom is -0.497 e. The number of esters is 1. The van der Waals surface area contributed by atoms with E-state index in [2.05, 4.69) is 0 Å². The van der Waals surface area contributed by atoms with Gasteiger partial charge < -0.3 is 19.6 Å². The smallest absolute Gasteiger partial charge is 0.308 e. The molecule has 0 fully saturated rings. The van der Waals surface area contributed by atoms with Crippen molar-refractivity contribution in [3.05, 3.63) is 66.2 Å². The minimum absolute atomic E-state index is 0.282. The van der Waals surface area contributed by atoms with Gasteiger partial charge >= 0.3 is 5.97 Å². The molecule has 5 nitrogen and oxygen atoms in total. The summed E-state index contributed by atoms with van der Waals surface area (Å²) in [6, 6.07) is 19.3. The number of hydrogen-bond donors (Lipinski definition) is 1. The molecule has 0 atom stereocenters. The predicted octanol–water partition coefficient (Wildman–Crippen LogP) is 5.59. The number of benzene rings is 3. The molecule has 0 radical (unpaired) electrons. The number of rotatable bonds is 4. The standard InChI is InChI=1S/C24H21NO4/c1-14-4-6-17(7-5-14)22-23-20(28-15(2)26)12-18(13-21(23)29-24(22)25)16-8-10-19(27-3)11-9-16/h4-13H,25H2,1-3H3. The molecular weight excluding hydrogens is 366 g/mol. The molecule has 146 valence electrons. The maximum Gasteiger partial charge on any atom is 0.308 e. The zero-order chi connectivity index (χ0) is 20.5. The molecule has 0 aliphatic carbocycles. The van der Waals surface area contributed by atoms with Crippen LogP contribution in [0.2, 0.25) is 0 Å². The molecule has 0 saturated heterocycles. The number of methoxy groups -OCH3 is 1. The third-order valence-corrected chi connectivity index (χ3v) is 4.80. The van der Waals surface area contributed by atoms with Gasteiger partial charge in [-0.05, 0) is 47.9 Å². The third-order valence-electron chi connectivity index (χ3n) is 4.80. The summed E-state index contributed by atoms with van der Waals surface area (Å²) in [5, 5.41) is 0.679. The molecule has 0 amide bonds. The first-order valence-electron chi connectivity index (χ1n) is 9.22. The van der Waals surface area contributed by atoms with E-state index in [9.17, 15) is 4.79 Å². The first-order valence-corrected chi connectivity index (χ1v) is 9.22. The fourth-order valence-corrected chi connectivity index (χ4v) is 3.40. The highest BCUT2D eigenvalue weighted by molar-refractivity contribution is 6.05. The Morgan fingerprint density at radius 2 is 1.59 bits per heavy atom. The van der Waals surface area contributed by atoms with Gasteiger partial charge in [0.2, 0.25) is 0 Å². The molecule has 5 heteroatoms. The van der Waals surface area contributed by atoms with Crippen molar-refractivity contribution < 1.29 is 18.7 Å². The van der Waals surface area contributed by atoms with E-state index < -0.39 is 5.97 Å². The molecule has 0 aliphatic heterocycles. The van der Waals surface area contributed by atoms with Gasteiger partial charge in [-0.3, -0.25) is 4.79 Å². The van der Waals surface area contributed by atoms with Crippen LogP contribution < -0.4 is 15.2 Å². The van der Waals surface area contributed by atoms with Crippen LogP contribution in [0.25, 0.3) is 33.2 Å². The molecule has 1 aromatic heterocycles. The molecule has 4 aromatic rings. The predicted molar refractivity (Wildman–Crippen MR) is 114 cm³/mol. The molecule has 0 saturated carbocycles. The van der Waals surface area contributed by atoms with E-state index in [1.54, 1.807) is 7.11 Å². The topological polar surface area (TPSA) is 74.7 Å². The average Bonchev–Trinajstić information content (AvgIpc) is 3.04. The van der Waals surface area contributed by atoms with E-state index in [1.807, 2.05) is 67.6 Å². The van der Waals surface area contributed by atoms with Crippen molar-refractivity contribution in [3.63, 3.8) is 0 Å². The Bertz CT molecular complexity index is 1190. The number of aryl methyl sites for hydroxylation is 1. The number of ether oxygens (including phenoxy) is 2. The maximum atomic E-state index is 11.8. The second kappa shape index (κ2) is 7.36. The van der Waals surface area contributed by atoms with Crippen molar-refractivity contribution in [2.75, 3.05) is 12.8 Å². The van der Waals surface area contributed by atoms with Gasteiger partial charge in [0.05, 0.1) is 18.1 Å². The summed E-state index contributed by atoms with van der Waals surface area (Å²) in [5.74, 6) is 1.05. The molecule has 2 N–H and O–H groups in total. The van der Waals surface area contributed by atoms with Gasteiger partial charge in [-0.1, -0.05) is 42.0 Å². The molecular formula is C24H21NO4. The minimum atomic E-state index is -0.409. The number of nitrogens with two attached hydrogens (primary N) is 1. The zero-order valence-corrected chi connectivity index (χ0v) is 16.5. The number of carbonyl (C=O) groups is 1. The lowest BCUT2D eigenvalue weighted by Gasteiger charge is -2.09. The van der Waals surface area contributed by atoms with Gasteiger partial charge in [0, 0.05) is 6.92 Å². The molecule has 1 heterocycles. The number of hydrogen-bond acceptors (Lipinski definition) is 5. The van der Waals surface area contributed by atoms with Crippen LogP contribution in [0.5, 0.6) is 11.5 Å². The van der Waals surface area contributed by atoms with Gasteiger partial charge in [0.1, 0.15) is 17.1 Å². The Hall–Kier alpha value is -3.73. The largest absolute Gasteiger partial charge is 0.497 e. The Morgan fingerprint density at radius 3 is 2.21 bits per heavy atom. The van der Waals surface area contributed by atoms with Crippen molar-refractivity contribution >= 4 is 22.8 Å². The van der Waals surface area contributed by atoms with E-state index in [-0.39, 0.29) is 5.88 Å². The van der Waals surface area contributed by atoms with Crippen LogP contribution in [0.4, 0.5) is 5.88 Å². The lowest BCUT2D eigenvalue weighted by atomic mass is 9.98. The van der Waals surface area contributed by atoms with E-state index in [0.29, 0.717) is 16.7 Å². The summed E-state index contributed by atoms with van der Waals surface area (Å²) in [5.41, 5.74) is 11.3. The molecule has 0 spiro atoms. The summed E-state index contributed by atoms with van der Waals surface area (Å²) < 4.78 is 16.7. The highest BCUT2D eigenvalue weighted by atomic mass is 16.5. The molecule has 0 bridgehead atoms. The second-order valence-electron chi connectivity index (χ2n) is 6.88. The number of anilines is 1. The summed E-state index contributed by atoms with van der Waals surface area (Å²) in [6.45, 7) is 3.40. The Labute approximate surface area is 168 Å². The van der Waals surface area contributed by atoms with E-state index in [0.717, 1.165) is 33.6 Å². The zero-order valence-electron chi connectivity index (χ0n) is 16.5. The Kier molecular flexibility index (Phi) is 4.72. The van der Waals surface area contributed by atoms with E-state index in [1.165, 1.54) is 6.92 Å². The van der Waals surface area contributed by atoms with Crippen molar-refractivity contribution in [2.45, 2.75) is 13.8 Å². The number of carbonyl (C=O) groups excluding carboxylic acids is 1. The van der Waals surface area contributed by atoms with Gasteiger partial charge in [-0.15, -0.1) is 0 Å². The first-order chi connectivity index (χ1) is 14.0. The fourth-order valence-electron chi connectivity index (χ4n) is 3.40. The molecule has 0 aliphatic rings. The maximum absolute atomic E-state index is 11.8. The van der Waals surface area contributed by atoms with Crippen LogP contribution in [0.15, 0.2) is 65.1 Å². The summed E-state index contributed by atoms with van der Waals surface area (Å²) >= 11 is 0. The monoisotopic (exact) mass is 387 g/mol. The van der Waals surface area contributed by atoms with E-state index in [4.69, 9.17) is 19.6 Å². The fraction of sp³-hybridized carbons (Fsp3) is 0.125. The molecule has 3 aromatic carbocycles. The van der Waals surface area contributed by atoms with Crippen molar-refractivity contribution in [1.29, 1.82) is 0 Å². The van der Waals surface area contributed by atoms with Crippen molar-refractivity contribution in [2.24, 2.45) is 0 Å². The number of nitrogen functional groups attached to an aromatic ring is 1. The molecule has 29 heavy (non-hydrogen) atoms. The highest BCUT2D eigenvalue weighted by Crippen LogP contribution is 2.44. The third kappa shape index (κ3) is 3.55. The van der Waals surface area contributed by atoms with Crippen LogP contribution in [0, 0.1) is 6.92 Å². The van der Waals surface area contributed by atoms with Gasteiger partial charge in [0.15, 0.2) is 5.88 Å². The summed E-state index contributed by atoms with van der Waals surface area (Å²) in [4.78, 5) is 11.8. The molecule has 0 unspecified atom stereocenters. The Morgan fingerprint density at radius 1 is 0.931 bits per heavy atom. The van der Waals surface area contributed by atoms with Crippen molar-refractivity contribution in [3.8, 4) is 33.8 Å². The first kappa shape index (κ1) is 18.6. The van der Waals surface area contributed by atoms with Gasteiger partial charge in [-0.2, -0.15) is 0 Å². The summed E-state index contributed by atoms with van der Waals surface area (Å²) in [6.07, 6.45) is 0. The highest BCUT2D eigenvalue weighted by Gasteiger charge is 2.20. The van der Waals surface area contributed by atoms with Gasteiger partial charge in [-0.25, -0.2) is 0 Å². The lowest BCUT2D eigenvalue weighted by molar-refractivity contribution is -0.131. The quantitative estimate of drug-likeness (QED) is 0.365. The van der Waals surface area contributed by atoms with Crippen LogP contribution in [-0.4, -0.2) is 13.1 Å². The Balaban J connectivity index is 1.94. The number of furan rings is 1. The summed E-state index contributed by atoms with van der Waals surface area (Å²) in [7, 11) is 1.62.